The van der Waals surface area contributed by atoms with Gasteiger partial charge < -0.3 is 5.32 Å². The van der Waals surface area contributed by atoms with Crippen LogP contribution in [-0.2, 0) is 5.75 Å². The predicted molar refractivity (Wildman–Crippen MR) is 115 cm³/mol. The average Bonchev–Trinajstić information content (AvgIpc) is 2.72. The molecule has 0 spiro atoms. The molecule has 1 N–H and O–H groups in total. The molecule has 0 radical (unpaired) electrons. The Hall–Kier alpha value is -2.23. The maximum atomic E-state index is 12.4. The summed E-state index contributed by atoms with van der Waals surface area (Å²) in [4.78, 5) is 13.6. The van der Waals surface area contributed by atoms with Crippen molar-refractivity contribution in [2.24, 2.45) is 0 Å². The number of carbonyl (C=O) groups excluding carboxylic acids is 1. The minimum Gasteiger partial charge on any atom is -0.351 e. The molecule has 0 saturated heterocycles. The maximum absolute atomic E-state index is 12.4. The van der Waals surface area contributed by atoms with Crippen LogP contribution in [0.3, 0.4) is 0 Å². The van der Waals surface area contributed by atoms with Crippen LogP contribution in [0.25, 0.3) is 0 Å². The van der Waals surface area contributed by atoms with E-state index in [9.17, 15) is 4.79 Å². The van der Waals surface area contributed by atoms with E-state index in [4.69, 9.17) is 11.6 Å². The van der Waals surface area contributed by atoms with Gasteiger partial charge in [-0.15, -0.1) is 11.8 Å². The van der Waals surface area contributed by atoms with Crippen LogP contribution in [0.4, 0.5) is 0 Å². The average molecular weight is 396 g/mol. The number of nitrogens with one attached hydrogen (secondary N) is 1. The second-order valence-electron chi connectivity index (χ2n) is 6.46. The molecule has 1 unspecified atom stereocenters. The molecule has 2 nitrogen and oxygen atoms in total. The molecule has 4 heteroatoms. The first-order chi connectivity index (χ1) is 13.1. The minimum atomic E-state index is -0.0327. The van der Waals surface area contributed by atoms with Crippen molar-refractivity contribution in [2.45, 2.75) is 23.5 Å². The number of amides is 1. The molecule has 0 aromatic heterocycles. The lowest BCUT2D eigenvalue weighted by Gasteiger charge is -2.13. The third-order valence-electron chi connectivity index (χ3n) is 4.37. The zero-order valence-corrected chi connectivity index (χ0v) is 16.8. The first-order valence-corrected chi connectivity index (χ1v) is 10.3. The fraction of sp³-hybridized carbons (Fsp3) is 0.174. The number of thioether (sulfide) groups is 1. The molecule has 1 atom stereocenters. The molecule has 3 rings (SSSR count). The van der Waals surface area contributed by atoms with Crippen molar-refractivity contribution in [2.75, 3.05) is 6.54 Å². The topological polar surface area (TPSA) is 29.1 Å². The van der Waals surface area contributed by atoms with E-state index in [0.29, 0.717) is 12.1 Å². The highest BCUT2D eigenvalue weighted by Crippen LogP contribution is 2.24. The molecule has 138 valence electrons. The van der Waals surface area contributed by atoms with Crippen LogP contribution in [0.1, 0.15) is 34.3 Å². The Bertz CT molecular complexity index is 863. The van der Waals surface area contributed by atoms with E-state index in [2.05, 4.69) is 24.4 Å². The molecular formula is C23H22ClNOS. The molecule has 3 aromatic rings. The predicted octanol–water partition coefficient (Wildman–Crippen LogP) is 6.17. The summed E-state index contributed by atoms with van der Waals surface area (Å²) in [5, 5.41) is 3.77. The van der Waals surface area contributed by atoms with Crippen LogP contribution in [0.5, 0.6) is 0 Å². The van der Waals surface area contributed by atoms with Crippen LogP contribution in [0, 0.1) is 0 Å². The van der Waals surface area contributed by atoms with Crippen molar-refractivity contribution < 1.29 is 4.79 Å². The van der Waals surface area contributed by atoms with Crippen LogP contribution < -0.4 is 5.32 Å². The van der Waals surface area contributed by atoms with Gasteiger partial charge >= 0.3 is 0 Å². The molecule has 0 heterocycles. The van der Waals surface area contributed by atoms with Gasteiger partial charge in [-0.1, -0.05) is 61.0 Å². The molecule has 3 aromatic carbocycles. The number of halogens is 1. The van der Waals surface area contributed by atoms with Gasteiger partial charge in [0.25, 0.3) is 5.91 Å². The van der Waals surface area contributed by atoms with Crippen molar-refractivity contribution >= 4 is 29.3 Å². The van der Waals surface area contributed by atoms with Gasteiger partial charge in [-0.2, -0.15) is 0 Å². The number of hydrogen-bond donors (Lipinski definition) is 1. The van der Waals surface area contributed by atoms with Crippen LogP contribution in [0.15, 0.2) is 83.8 Å². The summed E-state index contributed by atoms with van der Waals surface area (Å²) in [5.74, 6) is 1.11. The summed E-state index contributed by atoms with van der Waals surface area (Å²) in [7, 11) is 0. The van der Waals surface area contributed by atoms with Crippen LogP contribution >= 0.6 is 23.4 Å². The van der Waals surface area contributed by atoms with Gasteiger partial charge in [0.2, 0.25) is 0 Å². The molecule has 0 aliphatic heterocycles. The van der Waals surface area contributed by atoms with Crippen LogP contribution in [0.2, 0.25) is 5.02 Å². The fourth-order valence-corrected chi connectivity index (χ4v) is 3.68. The van der Waals surface area contributed by atoms with Gasteiger partial charge in [-0.25, -0.2) is 0 Å². The molecule has 1 amide bonds. The second-order valence-corrected chi connectivity index (χ2v) is 7.95. The number of benzene rings is 3. The number of carbonyl (C=O) groups is 1. The van der Waals surface area contributed by atoms with Crippen molar-refractivity contribution in [1.82, 2.24) is 5.32 Å². The van der Waals surface area contributed by atoms with Gasteiger partial charge in [0.15, 0.2) is 0 Å². The van der Waals surface area contributed by atoms with E-state index < -0.39 is 0 Å². The molecule has 0 saturated carbocycles. The second kappa shape index (κ2) is 9.63. The normalized spacial score (nSPS) is 11.8. The largest absolute Gasteiger partial charge is 0.351 e. The van der Waals surface area contributed by atoms with E-state index in [1.54, 1.807) is 11.8 Å². The molecular weight excluding hydrogens is 374 g/mol. The highest BCUT2D eigenvalue weighted by atomic mass is 35.5. The van der Waals surface area contributed by atoms with Crippen LogP contribution in [-0.4, -0.2) is 12.5 Å². The highest BCUT2D eigenvalue weighted by molar-refractivity contribution is 7.98. The summed E-state index contributed by atoms with van der Waals surface area (Å²) in [6.07, 6.45) is 0. The molecule has 0 aliphatic carbocycles. The lowest BCUT2D eigenvalue weighted by molar-refractivity contribution is 0.0951. The third kappa shape index (κ3) is 5.88. The van der Waals surface area contributed by atoms with Crippen molar-refractivity contribution in [3.8, 4) is 0 Å². The van der Waals surface area contributed by atoms with E-state index in [0.717, 1.165) is 10.8 Å². The van der Waals surface area contributed by atoms with Crippen molar-refractivity contribution in [3.63, 3.8) is 0 Å². The lowest BCUT2D eigenvalue weighted by atomic mass is 10.0. The van der Waals surface area contributed by atoms with Gasteiger partial charge in [-0.3, -0.25) is 4.79 Å². The van der Waals surface area contributed by atoms with Gasteiger partial charge in [0, 0.05) is 27.8 Å². The Labute approximate surface area is 170 Å². The summed E-state index contributed by atoms with van der Waals surface area (Å²) in [5.41, 5.74) is 3.10. The minimum absolute atomic E-state index is 0.0327. The Morgan fingerprint density at radius 1 is 0.963 bits per heavy atom. The van der Waals surface area contributed by atoms with E-state index in [1.807, 2.05) is 66.7 Å². The fourth-order valence-electron chi connectivity index (χ4n) is 2.70. The molecule has 0 fully saturated rings. The molecule has 27 heavy (non-hydrogen) atoms. The Balaban J connectivity index is 1.50. The molecule has 0 aliphatic rings. The quantitative estimate of drug-likeness (QED) is 0.485. The third-order valence-corrected chi connectivity index (χ3v) is 5.71. The van der Waals surface area contributed by atoms with E-state index in [1.165, 1.54) is 16.0 Å². The standard InChI is InChI=1S/C23H22ClNOS/c1-17(19-5-3-2-4-6-19)15-25-23(26)20-9-7-18(8-10-20)16-27-22-13-11-21(24)12-14-22/h2-14,17H,15-16H2,1H3,(H,25,26). The summed E-state index contributed by atoms with van der Waals surface area (Å²) in [6.45, 7) is 2.74. The smallest absolute Gasteiger partial charge is 0.251 e. The zero-order valence-electron chi connectivity index (χ0n) is 15.2. The van der Waals surface area contributed by atoms with Crippen molar-refractivity contribution in [1.29, 1.82) is 0 Å². The summed E-state index contributed by atoms with van der Waals surface area (Å²) >= 11 is 7.66. The van der Waals surface area contributed by atoms with Gasteiger partial charge in [-0.05, 0) is 53.4 Å². The first kappa shape index (κ1) is 19.5. The highest BCUT2D eigenvalue weighted by Gasteiger charge is 2.09. The Kier molecular flexibility index (Phi) is 6.97. The Morgan fingerprint density at radius 3 is 2.30 bits per heavy atom. The molecule has 0 bridgehead atoms. The first-order valence-electron chi connectivity index (χ1n) is 8.92. The number of rotatable bonds is 7. The van der Waals surface area contributed by atoms with E-state index >= 15 is 0 Å². The summed E-state index contributed by atoms with van der Waals surface area (Å²) in [6, 6.07) is 25.8. The lowest BCUT2D eigenvalue weighted by Crippen LogP contribution is -2.27. The summed E-state index contributed by atoms with van der Waals surface area (Å²) < 4.78 is 0. The van der Waals surface area contributed by atoms with E-state index in [-0.39, 0.29) is 11.8 Å². The monoisotopic (exact) mass is 395 g/mol. The zero-order chi connectivity index (χ0) is 19.1. The van der Waals surface area contributed by atoms with Crippen molar-refractivity contribution in [3.05, 3.63) is 101 Å². The van der Waals surface area contributed by atoms with Gasteiger partial charge in [0.1, 0.15) is 0 Å². The Morgan fingerprint density at radius 2 is 1.63 bits per heavy atom. The SMILES string of the molecule is CC(CNC(=O)c1ccc(CSc2ccc(Cl)cc2)cc1)c1ccccc1. The number of hydrogen-bond acceptors (Lipinski definition) is 2. The van der Waals surface area contributed by atoms with Gasteiger partial charge in [0.05, 0.1) is 0 Å². The maximum Gasteiger partial charge on any atom is 0.251 e.